The first kappa shape index (κ1) is 14.3. The summed E-state index contributed by atoms with van der Waals surface area (Å²) in [6.45, 7) is 9.52. The van der Waals surface area contributed by atoms with Crippen molar-refractivity contribution in [1.82, 2.24) is 0 Å². The third-order valence-corrected chi connectivity index (χ3v) is 5.31. The van der Waals surface area contributed by atoms with Crippen LogP contribution in [0.1, 0.15) is 36.1 Å². The molecule has 0 saturated carbocycles. The monoisotopic (exact) mass is 284 g/mol. The Labute approximate surface area is 114 Å². The van der Waals surface area contributed by atoms with E-state index in [0.29, 0.717) is 12.0 Å². The van der Waals surface area contributed by atoms with Crippen LogP contribution >= 0.6 is 0 Å². The molecule has 0 atom stereocenters. The molecule has 0 fully saturated rings. The summed E-state index contributed by atoms with van der Waals surface area (Å²) in [5.74, 6) is 0.829. The lowest BCUT2D eigenvalue weighted by molar-refractivity contribution is 0.137. The van der Waals surface area contributed by atoms with Gasteiger partial charge >= 0.3 is 0 Å². The van der Waals surface area contributed by atoms with Gasteiger partial charge in [-0.25, -0.2) is 0 Å². The van der Waals surface area contributed by atoms with Crippen LogP contribution in [-0.2, 0) is 20.7 Å². The van der Waals surface area contributed by atoms with Crippen LogP contribution in [0.2, 0.25) is 0 Å². The van der Waals surface area contributed by atoms with E-state index in [1.165, 1.54) is 7.11 Å². The van der Waals surface area contributed by atoms with Crippen LogP contribution in [0.15, 0.2) is 4.90 Å². The first-order valence-electron chi connectivity index (χ1n) is 6.23. The first-order chi connectivity index (χ1) is 8.60. The standard InChI is InChI=1S/C14H20O4S/c1-8-9(2)13(19(15,16)17-6)10(3)11-7-14(4,5)18-12(8)11/h7H2,1-6H3. The molecule has 1 aromatic carbocycles. The van der Waals surface area contributed by atoms with Gasteiger partial charge in [0, 0.05) is 12.0 Å². The number of hydrogen-bond acceptors (Lipinski definition) is 4. The van der Waals surface area contributed by atoms with Gasteiger partial charge in [-0.3, -0.25) is 4.18 Å². The summed E-state index contributed by atoms with van der Waals surface area (Å²) in [4.78, 5) is 0.285. The molecule has 19 heavy (non-hydrogen) atoms. The number of fused-ring (bicyclic) bond motifs is 1. The normalized spacial score (nSPS) is 17.2. The highest BCUT2D eigenvalue weighted by Crippen LogP contribution is 2.43. The van der Waals surface area contributed by atoms with E-state index in [4.69, 9.17) is 4.74 Å². The lowest BCUT2D eigenvalue weighted by Crippen LogP contribution is -2.24. The average molecular weight is 284 g/mol. The van der Waals surface area contributed by atoms with Gasteiger partial charge < -0.3 is 4.74 Å². The third-order valence-electron chi connectivity index (χ3n) is 3.76. The van der Waals surface area contributed by atoms with Gasteiger partial charge in [-0.15, -0.1) is 0 Å². The van der Waals surface area contributed by atoms with E-state index in [-0.39, 0.29) is 10.5 Å². The topological polar surface area (TPSA) is 52.6 Å². The van der Waals surface area contributed by atoms with E-state index >= 15 is 0 Å². The van der Waals surface area contributed by atoms with E-state index in [2.05, 4.69) is 4.18 Å². The van der Waals surface area contributed by atoms with Crippen LogP contribution in [0.4, 0.5) is 0 Å². The van der Waals surface area contributed by atoms with E-state index in [1.807, 2.05) is 27.7 Å². The van der Waals surface area contributed by atoms with Crippen LogP contribution in [0.3, 0.4) is 0 Å². The van der Waals surface area contributed by atoms with Crippen molar-refractivity contribution in [3.8, 4) is 5.75 Å². The Bertz CT molecular complexity index is 642. The molecule has 106 valence electrons. The number of rotatable bonds is 2. The van der Waals surface area contributed by atoms with Crippen LogP contribution in [0, 0.1) is 20.8 Å². The zero-order valence-electron chi connectivity index (χ0n) is 12.2. The van der Waals surface area contributed by atoms with Crippen molar-refractivity contribution in [3.63, 3.8) is 0 Å². The molecule has 0 radical (unpaired) electrons. The van der Waals surface area contributed by atoms with Crippen LogP contribution in [-0.4, -0.2) is 21.1 Å². The molecule has 0 N–H and O–H groups in total. The first-order valence-corrected chi connectivity index (χ1v) is 7.64. The second kappa shape index (κ2) is 4.21. The number of hydrogen-bond donors (Lipinski definition) is 0. The fourth-order valence-electron chi connectivity index (χ4n) is 2.70. The van der Waals surface area contributed by atoms with E-state index in [1.54, 1.807) is 6.92 Å². The molecule has 0 aliphatic carbocycles. The Hall–Kier alpha value is -1.07. The van der Waals surface area contributed by atoms with Gasteiger partial charge in [-0.2, -0.15) is 8.42 Å². The highest BCUT2D eigenvalue weighted by molar-refractivity contribution is 7.86. The summed E-state index contributed by atoms with van der Waals surface area (Å²) < 4.78 is 34.8. The smallest absolute Gasteiger partial charge is 0.297 e. The highest BCUT2D eigenvalue weighted by Gasteiger charge is 2.36. The van der Waals surface area contributed by atoms with Crippen molar-refractivity contribution in [2.75, 3.05) is 7.11 Å². The quantitative estimate of drug-likeness (QED) is 0.783. The predicted molar refractivity (Wildman–Crippen MR) is 73.3 cm³/mol. The minimum absolute atomic E-state index is 0.285. The van der Waals surface area contributed by atoms with Crippen molar-refractivity contribution in [1.29, 1.82) is 0 Å². The Morgan fingerprint density at radius 1 is 1.11 bits per heavy atom. The highest BCUT2D eigenvalue weighted by atomic mass is 32.2. The summed E-state index contributed by atoms with van der Waals surface area (Å²) >= 11 is 0. The lowest BCUT2D eigenvalue weighted by atomic mass is 9.94. The zero-order chi connectivity index (χ0) is 14.6. The molecule has 2 rings (SSSR count). The lowest BCUT2D eigenvalue weighted by Gasteiger charge is -2.18. The fourth-order valence-corrected chi connectivity index (χ4v) is 3.90. The van der Waals surface area contributed by atoms with Gasteiger partial charge in [0.2, 0.25) is 0 Å². The fraction of sp³-hybridized carbons (Fsp3) is 0.571. The summed E-state index contributed by atoms with van der Waals surface area (Å²) in [5.41, 5.74) is 3.01. The summed E-state index contributed by atoms with van der Waals surface area (Å²) in [7, 11) is -2.50. The summed E-state index contributed by atoms with van der Waals surface area (Å²) in [6, 6.07) is 0. The van der Waals surface area contributed by atoms with Gasteiger partial charge in [0.1, 0.15) is 16.2 Å². The summed E-state index contributed by atoms with van der Waals surface area (Å²) in [5, 5.41) is 0. The Balaban J connectivity index is 2.80. The van der Waals surface area contributed by atoms with E-state index in [0.717, 1.165) is 22.4 Å². The van der Waals surface area contributed by atoms with Crippen molar-refractivity contribution in [2.24, 2.45) is 0 Å². The van der Waals surface area contributed by atoms with E-state index in [9.17, 15) is 8.42 Å². The molecule has 0 amide bonds. The van der Waals surface area contributed by atoms with Crippen LogP contribution in [0.25, 0.3) is 0 Å². The van der Waals surface area contributed by atoms with Gasteiger partial charge in [-0.05, 0) is 51.3 Å². The van der Waals surface area contributed by atoms with Crippen molar-refractivity contribution in [2.45, 2.75) is 51.5 Å². The minimum Gasteiger partial charge on any atom is -0.487 e. The van der Waals surface area contributed by atoms with Gasteiger partial charge in [-0.1, -0.05) is 0 Å². The zero-order valence-corrected chi connectivity index (χ0v) is 13.1. The second-order valence-electron chi connectivity index (χ2n) is 5.67. The molecular formula is C14H20O4S. The molecule has 5 heteroatoms. The molecule has 0 bridgehead atoms. The van der Waals surface area contributed by atoms with Crippen LogP contribution < -0.4 is 4.74 Å². The SMILES string of the molecule is COS(=O)(=O)c1c(C)c(C)c2c(c1C)CC(C)(C)O2. The molecule has 0 unspecified atom stereocenters. The number of ether oxygens (including phenoxy) is 1. The number of benzene rings is 1. The molecule has 0 spiro atoms. The molecule has 1 aliphatic rings. The molecule has 1 heterocycles. The Morgan fingerprint density at radius 2 is 1.68 bits per heavy atom. The van der Waals surface area contributed by atoms with Gasteiger partial charge in [0.25, 0.3) is 10.1 Å². The molecule has 1 aromatic rings. The molecule has 0 aromatic heterocycles. The molecule has 1 aliphatic heterocycles. The Kier molecular flexibility index (Phi) is 3.18. The maximum Gasteiger partial charge on any atom is 0.297 e. The minimum atomic E-state index is -3.70. The van der Waals surface area contributed by atoms with Crippen molar-refractivity contribution < 1.29 is 17.3 Å². The molecule has 4 nitrogen and oxygen atoms in total. The van der Waals surface area contributed by atoms with Gasteiger partial charge in [0.15, 0.2) is 0 Å². The maximum atomic E-state index is 12.1. The third kappa shape index (κ3) is 2.15. The molecular weight excluding hydrogens is 264 g/mol. The van der Waals surface area contributed by atoms with Crippen LogP contribution in [0.5, 0.6) is 5.75 Å². The second-order valence-corrected chi connectivity index (χ2v) is 7.32. The largest absolute Gasteiger partial charge is 0.487 e. The maximum absolute atomic E-state index is 12.1. The van der Waals surface area contributed by atoms with E-state index < -0.39 is 10.1 Å². The van der Waals surface area contributed by atoms with Gasteiger partial charge in [0.05, 0.1) is 7.11 Å². The average Bonchev–Trinajstić information content (AvgIpc) is 2.63. The Morgan fingerprint density at radius 3 is 2.21 bits per heavy atom. The van der Waals surface area contributed by atoms with Crippen molar-refractivity contribution in [3.05, 3.63) is 22.3 Å². The summed E-state index contributed by atoms with van der Waals surface area (Å²) in [6.07, 6.45) is 0.710. The van der Waals surface area contributed by atoms with Crippen molar-refractivity contribution >= 4 is 10.1 Å². The predicted octanol–water partition coefficient (Wildman–Crippen LogP) is 2.66. The molecule has 0 saturated heterocycles.